The Hall–Kier alpha value is -2.86. The highest BCUT2D eigenvalue weighted by molar-refractivity contribution is 6.01. The lowest BCUT2D eigenvalue weighted by molar-refractivity contribution is -0.130. The van der Waals surface area contributed by atoms with E-state index in [0.717, 1.165) is 29.7 Å². The topological polar surface area (TPSA) is 74.2 Å². The Kier molecular flexibility index (Phi) is 6.01. The lowest BCUT2D eigenvalue weighted by atomic mass is 9.87. The molecule has 6 heteroatoms. The number of likely N-dealkylation sites (tertiary alicyclic amines) is 1. The summed E-state index contributed by atoms with van der Waals surface area (Å²) in [4.78, 5) is 18.9. The van der Waals surface area contributed by atoms with Gasteiger partial charge in [0, 0.05) is 56.6 Å². The van der Waals surface area contributed by atoms with Crippen LogP contribution in [0.3, 0.4) is 0 Å². The van der Waals surface area contributed by atoms with Crippen molar-refractivity contribution in [1.29, 1.82) is 0 Å². The van der Waals surface area contributed by atoms with Gasteiger partial charge in [-0.2, -0.15) is 0 Å². The number of phenolic OH excluding ortho intramolecular Hbond substituents is 1. The second kappa shape index (κ2) is 8.71. The number of nitrogens with zero attached hydrogens (tertiary/aromatic N) is 2. The first-order valence-corrected chi connectivity index (χ1v) is 11.0. The molecule has 1 spiro atoms. The number of hydrogen-bond donors (Lipinski definition) is 2. The molecule has 0 aromatic heterocycles. The van der Waals surface area contributed by atoms with Crippen LogP contribution in [0.2, 0.25) is 0 Å². The Morgan fingerprint density at radius 2 is 1.94 bits per heavy atom. The lowest BCUT2D eigenvalue weighted by Gasteiger charge is -2.45. The van der Waals surface area contributed by atoms with Crippen LogP contribution in [0.1, 0.15) is 55.8 Å². The molecule has 2 N–H and O–H groups in total. The zero-order chi connectivity index (χ0) is 22.0. The van der Waals surface area contributed by atoms with Gasteiger partial charge in [-0.3, -0.25) is 15.1 Å². The number of carbonyl (C=O) groups excluding carboxylic acids is 1. The van der Waals surface area contributed by atoms with E-state index in [1.54, 1.807) is 13.0 Å². The predicted octanol–water partition coefficient (Wildman–Crippen LogP) is 3.96. The second-order valence-corrected chi connectivity index (χ2v) is 8.49. The summed E-state index contributed by atoms with van der Waals surface area (Å²) in [5.41, 5.74) is 3.70. The van der Waals surface area contributed by atoms with E-state index in [9.17, 15) is 9.90 Å². The van der Waals surface area contributed by atoms with Crippen LogP contribution in [0, 0.1) is 6.92 Å². The van der Waals surface area contributed by atoms with E-state index in [0.29, 0.717) is 31.9 Å². The highest BCUT2D eigenvalue weighted by Gasteiger charge is 2.41. The molecule has 2 aliphatic rings. The molecule has 2 aromatic rings. The van der Waals surface area contributed by atoms with Crippen LogP contribution in [0.25, 0.3) is 0 Å². The van der Waals surface area contributed by atoms with Gasteiger partial charge >= 0.3 is 0 Å². The van der Waals surface area contributed by atoms with Crippen LogP contribution in [-0.2, 0) is 4.79 Å². The Labute approximate surface area is 183 Å². The molecule has 1 atom stereocenters. The minimum atomic E-state index is -0.455. The van der Waals surface area contributed by atoms with Crippen molar-refractivity contribution in [3.63, 3.8) is 0 Å². The van der Waals surface area contributed by atoms with Gasteiger partial charge in [0.2, 0.25) is 5.91 Å². The van der Waals surface area contributed by atoms with Gasteiger partial charge in [0.25, 0.3) is 0 Å². The largest absolute Gasteiger partial charge is 0.504 e. The van der Waals surface area contributed by atoms with Gasteiger partial charge in [0.15, 0.2) is 11.5 Å². The van der Waals surface area contributed by atoms with Crippen molar-refractivity contribution in [2.24, 2.45) is 4.99 Å². The summed E-state index contributed by atoms with van der Waals surface area (Å²) in [6.07, 6.45) is 2.15. The highest BCUT2D eigenvalue weighted by atomic mass is 16.5. The van der Waals surface area contributed by atoms with Crippen LogP contribution in [0.5, 0.6) is 11.5 Å². The van der Waals surface area contributed by atoms with Crippen molar-refractivity contribution in [3.8, 4) is 11.5 Å². The van der Waals surface area contributed by atoms with Gasteiger partial charge < -0.3 is 14.7 Å². The monoisotopic (exact) mass is 421 g/mol. The number of benzene rings is 2. The molecule has 0 bridgehead atoms. The summed E-state index contributed by atoms with van der Waals surface area (Å²) < 4.78 is 5.62. The lowest BCUT2D eigenvalue weighted by Crippen LogP contribution is -2.56. The van der Waals surface area contributed by atoms with Crippen LogP contribution in [0.15, 0.2) is 47.5 Å². The third-order valence-corrected chi connectivity index (χ3v) is 6.32. The fraction of sp³-hybridized carbons (Fsp3) is 0.440. The van der Waals surface area contributed by atoms with E-state index in [1.807, 2.05) is 24.0 Å². The number of rotatable bonds is 4. The summed E-state index contributed by atoms with van der Waals surface area (Å²) in [6, 6.07) is 14.0. The molecule has 6 nitrogen and oxygen atoms in total. The molecule has 0 radical (unpaired) electrons. The minimum absolute atomic E-state index is 0.0990. The molecule has 164 valence electrons. The molecule has 2 aromatic carbocycles. The molecule has 1 amide bonds. The average Bonchev–Trinajstić information content (AvgIpc) is 2.76. The maximum absolute atomic E-state index is 11.8. The van der Waals surface area contributed by atoms with Gasteiger partial charge in [-0.15, -0.1) is 0 Å². The van der Waals surface area contributed by atoms with E-state index < -0.39 is 5.66 Å². The summed E-state index contributed by atoms with van der Waals surface area (Å²) in [6.45, 7) is 7.44. The number of para-hydroxylation sites is 1. The smallest absolute Gasteiger partial charge is 0.219 e. The number of carbonyl (C=O) groups is 1. The first-order valence-electron chi connectivity index (χ1n) is 11.0. The highest BCUT2D eigenvalue weighted by Crippen LogP contribution is 2.40. The number of aliphatic imine (C=N–C) groups is 1. The van der Waals surface area contributed by atoms with E-state index in [2.05, 4.69) is 36.5 Å². The Balaban J connectivity index is 1.71. The van der Waals surface area contributed by atoms with Crippen molar-refractivity contribution in [3.05, 3.63) is 59.2 Å². The molecular weight excluding hydrogens is 390 g/mol. The van der Waals surface area contributed by atoms with Gasteiger partial charge in [0.1, 0.15) is 5.66 Å². The van der Waals surface area contributed by atoms with E-state index in [4.69, 9.17) is 9.73 Å². The van der Waals surface area contributed by atoms with Crippen molar-refractivity contribution in [2.45, 2.75) is 51.7 Å². The second-order valence-electron chi connectivity index (χ2n) is 8.49. The Morgan fingerprint density at radius 1 is 1.23 bits per heavy atom. The number of aryl methyl sites for hydroxylation is 1. The summed E-state index contributed by atoms with van der Waals surface area (Å²) >= 11 is 0. The zero-order valence-electron chi connectivity index (χ0n) is 18.5. The van der Waals surface area contributed by atoms with Crippen molar-refractivity contribution in [1.82, 2.24) is 10.2 Å². The number of ether oxygens (including phenoxy) is 1. The molecule has 1 fully saturated rings. The number of phenols is 1. The van der Waals surface area contributed by atoms with Gasteiger partial charge in [-0.25, -0.2) is 0 Å². The molecule has 0 unspecified atom stereocenters. The first kappa shape index (κ1) is 21.4. The van der Waals surface area contributed by atoms with Crippen molar-refractivity contribution < 1.29 is 14.6 Å². The molecule has 2 aliphatic heterocycles. The predicted molar refractivity (Wildman–Crippen MR) is 122 cm³/mol. The summed E-state index contributed by atoms with van der Waals surface area (Å²) in [7, 11) is 0. The zero-order valence-corrected chi connectivity index (χ0v) is 18.5. The maximum Gasteiger partial charge on any atom is 0.219 e. The third-order valence-electron chi connectivity index (χ3n) is 6.32. The quantitative estimate of drug-likeness (QED) is 0.784. The van der Waals surface area contributed by atoms with Crippen LogP contribution in [0.4, 0.5) is 0 Å². The van der Waals surface area contributed by atoms with Crippen LogP contribution in [-0.4, -0.2) is 47.0 Å². The van der Waals surface area contributed by atoms with Gasteiger partial charge in [-0.05, 0) is 25.5 Å². The maximum atomic E-state index is 11.8. The fourth-order valence-electron chi connectivity index (χ4n) is 4.56. The van der Waals surface area contributed by atoms with Gasteiger partial charge in [-0.1, -0.05) is 42.0 Å². The number of amides is 1. The molecule has 0 aliphatic carbocycles. The molecular formula is C25H31N3O3. The number of hydrogen-bond acceptors (Lipinski definition) is 5. The Morgan fingerprint density at radius 3 is 2.58 bits per heavy atom. The van der Waals surface area contributed by atoms with E-state index in [-0.39, 0.29) is 17.7 Å². The summed E-state index contributed by atoms with van der Waals surface area (Å²) in [5.74, 6) is 0.789. The minimum Gasteiger partial charge on any atom is -0.504 e. The molecule has 2 heterocycles. The average molecular weight is 422 g/mol. The van der Waals surface area contributed by atoms with Crippen molar-refractivity contribution in [2.75, 3.05) is 19.7 Å². The first-order chi connectivity index (χ1) is 14.9. The van der Waals surface area contributed by atoms with Crippen LogP contribution < -0.4 is 10.1 Å². The standard InChI is InChI=1S/C25H31N3O3/c1-4-31-23-7-5-6-20(24(23)30)22-16-21(19-10-8-17(2)9-11-19)26-25(27-22)12-14-28(15-13-25)18(3)29/h5-11,22,27,30H,4,12-16H2,1-3H3/t22-/m1/s1. The number of nitrogens with one attached hydrogen (secondary N) is 1. The molecule has 31 heavy (non-hydrogen) atoms. The SMILES string of the molecule is CCOc1cccc([C@H]2CC(c3ccc(C)cc3)=NC3(CCN(C(C)=O)CC3)N2)c1O. The van der Waals surface area contributed by atoms with Gasteiger partial charge in [0.05, 0.1) is 6.61 Å². The van der Waals surface area contributed by atoms with E-state index in [1.165, 1.54) is 5.56 Å². The molecule has 4 rings (SSSR count). The molecule has 0 saturated carbocycles. The normalized spacial score (nSPS) is 20.4. The van der Waals surface area contributed by atoms with Crippen LogP contribution >= 0.6 is 0 Å². The third kappa shape index (κ3) is 4.44. The molecule has 1 saturated heterocycles. The number of piperidine rings is 1. The fourth-order valence-corrected chi connectivity index (χ4v) is 4.56. The number of aromatic hydroxyl groups is 1. The van der Waals surface area contributed by atoms with Crippen molar-refractivity contribution >= 4 is 11.6 Å². The van der Waals surface area contributed by atoms with E-state index >= 15 is 0 Å². The Bertz CT molecular complexity index is 976. The summed E-state index contributed by atoms with van der Waals surface area (Å²) in [5, 5.41) is 14.6.